The molecule has 2 aromatic rings. The summed E-state index contributed by atoms with van der Waals surface area (Å²) in [6, 6.07) is 6.50. The Balaban J connectivity index is 1.67. The minimum absolute atomic E-state index is 0.177. The van der Waals surface area contributed by atoms with E-state index >= 15 is 0 Å². The number of halogens is 6. The molecule has 166 valence electrons. The summed E-state index contributed by atoms with van der Waals surface area (Å²) in [5, 5.41) is 5.37. The SMILES string of the molecule is CC1=NN2C(=O)CC(c3ccc(C(F)(F)F)nc3)=NC2C=C1c1ccc(C(F)(F)F)cc1. The fraction of sp³-hybridized carbons (Fsp3) is 0.238. The Hall–Kier alpha value is -3.50. The third-order valence-corrected chi connectivity index (χ3v) is 4.99. The van der Waals surface area contributed by atoms with Crippen LogP contribution in [0.2, 0.25) is 0 Å². The van der Waals surface area contributed by atoms with Crippen LogP contribution in [-0.4, -0.2) is 33.5 Å². The van der Waals surface area contributed by atoms with Crippen LogP contribution in [0.1, 0.15) is 35.7 Å². The minimum Gasteiger partial charge on any atom is -0.272 e. The number of carbonyl (C=O) groups is 1. The normalized spacial score (nSPS) is 19.2. The predicted octanol–water partition coefficient (Wildman–Crippen LogP) is 4.94. The van der Waals surface area contributed by atoms with Crippen molar-refractivity contribution in [3.8, 4) is 0 Å². The van der Waals surface area contributed by atoms with Crippen molar-refractivity contribution in [2.24, 2.45) is 10.1 Å². The molecule has 0 aliphatic carbocycles. The third-order valence-electron chi connectivity index (χ3n) is 4.99. The summed E-state index contributed by atoms with van der Waals surface area (Å²) >= 11 is 0. The summed E-state index contributed by atoms with van der Waals surface area (Å²) < 4.78 is 76.7. The number of hydrazone groups is 1. The largest absolute Gasteiger partial charge is 0.433 e. The van der Waals surface area contributed by atoms with Gasteiger partial charge in [0.05, 0.1) is 23.4 Å². The molecule has 0 saturated carbocycles. The van der Waals surface area contributed by atoms with Crippen molar-refractivity contribution in [3.05, 3.63) is 71.1 Å². The molecule has 0 fully saturated rings. The lowest BCUT2D eigenvalue weighted by Crippen LogP contribution is -2.42. The van der Waals surface area contributed by atoms with Gasteiger partial charge in [0.25, 0.3) is 5.91 Å². The van der Waals surface area contributed by atoms with Gasteiger partial charge in [0.15, 0.2) is 6.17 Å². The second-order valence-corrected chi connectivity index (χ2v) is 7.18. The van der Waals surface area contributed by atoms with Crippen molar-refractivity contribution in [3.63, 3.8) is 0 Å². The van der Waals surface area contributed by atoms with Gasteiger partial charge in [0.2, 0.25) is 0 Å². The van der Waals surface area contributed by atoms with Gasteiger partial charge in [0, 0.05) is 17.3 Å². The van der Waals surface area contributed by atoms with E-state index in [0.29, 0.717) is 16.8 Å². The molecule has 1 atom stereocenters. The van der Waals surface area contributed by atoms with Gasteiger partial charge in [-0.2, -0.15) is 31.4 Å². The quantitative estimate of drug-likeness (QED) is 0.607. The number of alkyl halides is 6. The van der Waals surface area contributed by atoms with E-state index in [1.54, 1.807) is 13.0 Å². The number of amides is 1. The molecule has 5 nitrogen and oxygen atoms in total. The second-order valence-electron chi connectivity index (χ2n) is 7.18. The number of hydrogen-bond donors (Lipinski definition) is 0. The van der Waals surface area contributed by atoms with Crippen LogP contribution >= 0.6 is 0 Å². The van der Waals surface area contributed by atoms with Gasteiger partial charge in [-0.3, -0.25) is 14.8 Å². The van der Waals surface area contributed by atoms with Gasteiger partial charge < -0.3 is 0 Å². The number of hydrogen-bond acceptors (Lipinski definition) is 4. The smallest absolute Gasteiger partial charge is 0.272 e. The van der Waals surface area contributed by atoms with E-state index in [2.05, 4.69) is 15.1 Å². The van der Waals surface area contributed by atoms with Gasteiger partial charge in [-0.05, 0) is 42.8 Å². The number of aromatic nitrogens is 1. The highest BCUT2D eigenvalue weighted by Gasteiger charge is 2.35. The molecule has 1 unspecified atom stereocenters. The standard InChI is InChI=1S/C21H14F6N4O/c1-11-15(12-2-5-14(6-3-12)20(22,23)24)8-18-29-16(9-19(32)31(18)30-11)13-4-7-17(28-10-13)21(25,26)27/h2-8,10,18H,9H2,1H3. The van der Waals surface area contributed by atoms with Crippen molar-refractivity contribution in [1.29, 1.82) is 0 Å². The van der Waals surface area contributed by atoms with Crippen LogP contribution in [0.3, 0.4) is 0 Å². The highest BCUT2D eigenvalue weighted by Crippen LogP contribution is 2.32. The summed E-state index contributed by atoms with van der Waals surface area (Å²) in [4.78, 5) is 20.4. The van der Waals surface area contributed by atoms with Crippen molar-refractivity contribution in [1.82, 2.24) is 9.99 Å². The van der Waals surface area contributed by atoms with E-state index in [0.717, 1.165) is 29.4 Å². The molecule has 1 aromatic carbocycles. The molecule has 2 aliphatic heterocycles. The lowest BCUT2D eigenvalue weighted by atomic mass is 9.97. The van der Waals surface area contributed by atoms with Crippen LogP contribution < -0.4 is 0 Å². The van der Waals surface area contributed by atoms with Gasteiger partial charge in [-0.25, -0.2) is 5.01 Å². The van der Waals surface area contributed by atoms with Crippen molar-refractivity contribution in [2.75, 3.05) is 0 Å². The van der Waals surface area contributed by atoms with E-state index in [9.17, 15) is 31.1 Å². The molecular weight excluding hydrogens is 438 g/mol. The lowest BCUT2D eigenvalue weighted by molar-refractivity contribution is -0.141. The number of nitrogens with zero attached hydrogens (tertiary/aromatic N) is 4. The Morgan fingerprint density at radius 3 is 2.16 bits per heavy atom. The maximum atomic E-state index is 12.8. The zero-order valence-electron chi connectivity index (χ0n) is 16.4. The summed E-state index contributed by atoms with van der Waals surface area (Å²) in [5.74, 6) is -0.415. The Morgan fingerprint density at radius 2 is 1.59 bits per heavy atom. The number of fused-ring (bicyclic) bond motifs is 1. The number of allylic oxidation sites excluding steroid dienone is 1. The average molecular weight is 452 g/mol. The predicted molar refractivity (Wildman–Crippen MR) is 104 cm³/mol. The van der Waals surface area contributed by atoms with Gasteiger partial charge in [-0.1, -0.05) is 12.1 Å². The molecule has 3 heterocycles. The van der Waals surface area contributed by atoms with E-state index in [4.69, 9.17) is 0 Å². The molecule has 0 spiro atoms. The van der Waals surface area contributed by atoms with Crippen LogP contribution in [0.25, 0.3) is 5.57 Å². The maximum Gasteiger partial charge on any atom is 0.433 e. The van der Waals surface area contributed by atoms with Crippen molar-refractivity contribution < 1.29 is 31.1 Å². The molecule has 0 saturated heterocycles. The summed E-state index contributed by atoms with van der Waals surface area (Å²) in [5.41, 5.74) is 0.0409. The van der Waals surface area contributed by atoms with Gasteiger partial charge in [-0.15, -0.1) is 0 Å². The number of pyridine rings is 1. The molecule has 1 amide bonds. The zero-order valence-corrected chi connectivity index (χ0v) is 16.4. The first kappa shape index (κ1) is 21.7. The van der Waals surface area contributed by atoms with E-state index in [1.807, 2.05) is 0 Å². The molecule has 2 aliphatic rings. The lowest BCUT2D eigenvalue weighted by Gasteiger charge is -2.32. The van der Waals surface area contributed by atoms with Crippen LogP contribution in [0.4, 0.5) is 26.3 Å². The summed E-state index contributed by atoms with van der Waals surface area (Å²) in [6.07, 6.45) is -7.53. The fourth-order valence-electron chi connectivity index (χ4n) is 3.39. The monoisotopic (exact) mass is 452 g/mol. The Kier molecular flexibility index (Phi) is 5.14. The molecule has 11 heteroatoms. The van der Waals surface area contributed by atoms with Gasteiger partial charge >= 0.3 is 12.4 Å². The highest BCUT2D eigenvalue weighted by molar-refractivity contribution is 6.24. The molecule has 4 rings (SSSR count). The molecule has 0 radical (unpaired) electrons. The van der Waals surface area contributed by atoms with Crippen LogP contribution in [-0.2, 0) is 17.1 Å². The topological polar surface area (TPSA) is 57.9 Å². The third kappa shape index (κ3) is 4.14. The summed E-state index contributed by atoms with van der Waals surface area (Å²) in [7, 11) is 0. The highest BCUT2D eigenvalue weighted by atomic mass is 19.4. The van der Waals surface area contributed by atoms with Crippen molar-refractivity contribution >= 4 is 22.9 Å². The molecule has 0 bridgehead atoms. The van der Waals surface area contributed by atoms with E-state index in [1.165, 1.54) is 18.2 Å². The van der Waals surface area contributed by atoms with E-state index in [-0.39, 0.29) is 17.7 Å². The fourth-order valence-corrected chi connectivity index (χ4v) is 3.39. The Bertz CT molecular complexity index is 1140. The maximum absolute atomic E-state index is 12.8. The van der Waals surface area contributed by atoms with Gasteiger partial charge in [0.1, 0.15) is 5.69 Å². The second kappa shape index (κ2) is 7.57. The number of carbonyl (C=O) groups excluding carboxylic acids is 1. The Labute approximate surface area is 177 Å². The zero-order chi connectivity index (χ0) is 23.3. The molecule has 1 aromatic heterocycles. The van der Waals surface area contributed by atoms with Crippen molar-refractivity contribution in [2.45, 2.75) is 31.9 Å². The first-order chi connectivity index (χ1) is 14.9. The summed E-state index contributed by atoms with van der Waals surface area (Å²) in [6.45, 7) is 1.62. The number of rotatable bonds is 2. The van der Waals surface area contributed by atoms with Crippen LogP contribution in [0, 0.1) is 0 Å². The first-order valence-electron chi connectivity index (χ1n) is 9.31. The molecule has 0 N–H and O–H groups in total. The molecular formula is C21H14F6N4O. The number of benzene rings is 1. The minimum atomic E-state index is -4.59. The number of aliphatic imine (C=N–C) groups is 1. The first-order valence-corrected chi connectivity index (χ1v) is 9.31. The molecule has 32 heavy (non-hydrogen) atoms. The Morgan fingerprint density at radius 1 is 0.938 bits per heavy atom. The average Bonchev–Trinajstić information content (AvgIpc) is 2.73. The van der Waals surface area contributed by atoms with Crippen LogP contribution in [0.15, 0.2) is 58.8 Å². The van der Waals surface area contributed by atoms with Crippen LogP contribution in [0.5, 0.6) is 0 Å². The van der Waals surface area contributed by atoms with E-state index < -0.39 is 35.7 Å².